The van der Waals surface area contributed by atoms with Crippen LogP contribution in [0, 0.1) is 0 Å². The van der Waals surface area contributed by atoms with Crippen LogP contribution in [0.4, 0.5) is 0 Å². The lowest BCUT2D eigenvalue weighted by Crippen LogP contribution is -2.24. The van der Waals surface area contributed by atoms with Crippen molar-refractivity contribution in [2.24, 2.45) is 0 Å². The maximum Gasteiger partial charge on any atom is 0.337 e. The summed E-state index contributed by atoms with van der Waals surface area (Å²) >= 11 is 5.75. The average molecular weight is 256 g/mol. The van der Waals surface area contributed by atoms with Gasteiger partial charge in [0.15, 0.2) is 0 Å². The van der Waals surface area contributed by atoms with Crippen LogP contribution < -0.4 is 5.32 Å². The van der Waals surface area contributed by atoms with E-state index in [1.807, 2.05) is 0 Å². The number of aromatic carboxylic acids is 1. The molecule has 0 fully saturated rings. The first-order chi connectivity index (χ1) is 8.04. The number of nitrogens with one attached hydrogen (secondary N) is 1. The SMILES string of the molecule is CCC(=O)NCCc1ccc(Cl)c(C(=O)O)c1. The lowest BCUT2D eigenvalue weighted by Gasteiger charge is -2.05. The second-order valence-corrected chi connectivity index (χ2v) is 3.98. The van der Waals surface area contributed by atoms with Gasteiger partial charge in [-0.3, -0.25) is 4.79 Å². The van der Waals surface area contributed by atoms with Crippen molar-refractivity contribution in [3.05, 3.63) is 34.3 Å². The number of hydrogen-bond donors (Lipinski definition) is 2. The van der Waals surface area contributed by atoms with Crippen LogP contribution in [0.15, 0.2) is 18.2 Å². The van der Waals surface area contributed by atoms with Gasteiger partial charge in [-0.2, -0.15) is 0 Å². The average Bonchev–Trinajstić information content (AvgIpc) is 2.30. The predicted octanol–water partition coefficient (Wildman–Crippen LogP) is 2.11. The molecule has 0 saturated carbocycles. The van der Waals surface area contributed by atoms with Crippen LogP contribution in [0.2, 0.25) is 5.02 Å². The highest BCUT2D eigenvalue weighted by Crippen LogP contribution is 2.17. The van der Waals surface area contributed by atoms with E-state index in [1.165, 1.54) is 6.07 Å². The van der Waals surface area contributed by atoms with Gasteiger partial charge in [0.2, 0.25) is 5.91 Å². The van der Waals surface area contributed by atoms with E-state index in [0.717, 1.165) is 5.56 Å². The van der Waals surface area contributed by atoms with Crippen molar-refractivity contribution in [3.8, 4) is 0 Å². The van der Waals surface area contributed by atoms with E-state index in [2.05, 4.69) is 5.32 Å². The van der Waals surface area contributed by atoms with Crippen LogP contribution in [-0.4, -0.2) is 23.5 Å². The summed E-state index contributed by atoms with van der Waals surface area (Å²) in [5.41, 5.74) is 0.925. The number of halogens is 1. The summed E-state index contributed by atoms with van der Waals surface area (Å²) in [5, 5.41) is 11.8. The molecule has 2 N–H and O–H groups in total. The second kappa shape index (κ2) is 6.25. The summed E-state index contributed by atoms with van der Waals surface area (Å²) in [5.74, 6) is -1.06. The molecule has 0 atom stereocenters. The van der Waals surface area contributed by atoms with Crippen molar-refractivity contribution in [1.82, 2.24) is 5.32 Å². The Bertz CT molecular complexity index is 432. The Kier molecular flexibility index (Phi) is 4.97. The molecule has 5 heteroatoms. The van der Waals surface area contributed by atoms with Crippen LogP contribution in [0.5, 0.6) is 0 Å². The van der Waals surface area contributed by atoms with Crippen molar-refractivity contribution >= 4 is 23.5 Å². The highest BCUT2D eigenvalue weighted by atomic mass is 35.5. The van der Waals surface area contributed by atoms with Gasteiger partial charge in [-0.1, -0.05) is 24.6 Å². The quantitative estimate of drug-likeness (QED) is 0.847. The minimum Gasteiger partial charge on any atom is -0.478 e. The molecule has 0 aromatic heterocycles. The first-order valence-electron chi connectivity index (χ1n) is 5.33. The van der Waals surface area contributed by atoms with Gasteiger partial charge >= 0.3 is 5.97 Å². The highest BCUT2D eigenvalue weighted by Gasteiger charge is 2.09. The maximum absolute atomic E-state index is 11.0. The minimum atomic E-state index is -1.05. The largest absolute Gasteiger partial charge is 0.478 e. The van der Waals surface area contributed by atoms with Crippen LogP contribution in [0.1, 0.15) is 29.3 Å². The first-order valence-corrected chi connectivity index (χ1v) is 5.70. The Morgan fingerprint density at radius 2 is 2.12 bits per heavy atom. The number of carbonyl (C=O) groups excluding carboxylic acids is 1. The molecule has 0 radical (unpaired) electrons. The van der Waals surface area contributed by atoms with E-state index in [4.69, 9.17) is 16.7 Å². The molecule has 0 aliphatic heterocycles. The molecule has 1 amide bonds. The molecule has 1 aromatic carbocycles. The number of hydrogen-bond acceptors (Lipinski definition) is 2. The van der Waals surface area contributed by atoms with Gasteiger partial charge in [0.1, 0.15) is 0 Å². The summed E-state index contributed by atoms with van der Waals surface area (Å²) in [6, 6.07) is 4.84. The van der Waals surface area contributed by atoms with E-state index in [9.17, 15) is 9.59 Å². The van der Waals surface area contributed by atoms with E-state index < -0.39 is 5.97 Å². The normalized spacial score (nSPS) is 10.0. The first kappa shape index (κ1) is 13.5. The fourth-order valence-corrected chi connectivity index (χ4v) is 1.56. The van der Waals surface area contributed by atoms with Gasteiger partial charge in [0.05, 0.1) is 10.6 Å². The summed E-state index contributed by atoms with van der Waals surface area (Å²) in [6.45, 7) is 2.27. The van der Waals surface area contributed by atoms with Crippen LogP contribution in [0.25, 0.3) is 0 Å². The predicted molar refractivity (Wildman–Crippen MR) is 65.4 cm³/mol. The molecule has 0 bridgehead atoms. The third-order valence-electron chi connectivity index (χ3n) is 2.32. The molecule has 0 aliphatic rings. The zero-order chi connectivity index (χ0) is 12.8. The summed E-state index contributed by atoms with van der Waals surface area (Å²) in [4.78, 5) is 21.9. The van der Waals surface area contributed by atoms with Crippen LogP contribution >= 0.6 is 11.6 Å². The molecule has 0 saturated heterocycles. The monoisotopic (exact) mass is 255 g/mol. The van der Waals surface area contributed by atoms with Gasteiger partial charge in [-0.15, -0.1) is 0 Å². The van der Waals surface area contributed by atoms with Crippen molar-refractivity contribution in [3.63, 3.8) is 0 Å². The highest BCUT2D eigenvalue weighted by molar-refractivity contribution is 6.33. The molecule has 17 heavy (non-hydrogen) atoms. The Morgan fingerprint density at radius 3 is 2.71 bits per heavy atom. The Morgan fingerprint density at radius 1 is 1.41 bits per heavy atom. The van der Waals surface area contributed by atoms with Crippen LogP contribution in [0.3, 0.4) is 0 Å². The lowest BCUT2D eigenvalue weighted by molar-refractivity contribution is -0.120. The summed E-state index contributed by atoms with van der Waals surface area (Å²) in [6.07, 6.45) is 1.03. The minimum absolute atomic E-state index is 0.0163. The van der Waals surface area contributed by atoms with Gasteiger partial charge in [0.25, 0.3) is 0 Å². The van der Waals surface area contributed by atoms with Gasteiger partial charge < -0.3 is 10.4 Å². The second-order valence-electron chi connectivity index (χ2n) is 3.57. The van der Waals surface area contributed by atoms with E-state index in [0.29, 0.717) is 19.4 Å². The molecule has 1 rings (SSSR count). The molecule has 92 valence electrons. The van der Waals surface area contributed by atoms with Gasteiger partial charge in [-0.05, 0) is 24.1 Å². The Balaban J connectivity index is 2.63. The molecular formula is C12H14ClNO3. The van der Waals surface area contributed by atoms with Crippen molar-refractivity contribution in [2.75, 3.05) is 6.54 Å². The molecule has 1 aromatic rings. The molecule has 4 nitrogen and oxygen atoms in total. The number of benzene rings is 1. The Hall–Kier alpha value is -1.55. The number of rotatable bonds is 5. The molecule has 0 unspecified atom stereocenters. The summed E-state index contributed by atoms with van der Waals surface area (Å²) in [7, 11) is 0. The third-order valence-corrected chi connectivity index (χ3v) is 2.65. The van der Waals surface area contributed by atoms with Crippen molar-refractivity contribution in [1.29, 1.82) is 0 Å². The number of carboxylic acids is 1. The standard InChI is InChI=1S/C12H14ClNO3/c1-2-11(15)14-6-5-8-3-4-10(13)9(7-8)12(16)17/h3-4,7H,2,5-6H2,1H3,(H,14,15)(H,16,17). The summed E-state index contributed by atoms with van der Waals surface area (Å²) < 4.78 is 0. The molecular weight excluding hydrogens is 242 g/mol. The molecule has 0 heterocycles. The van der Waals surface area contributed by atoms with Crippen molar-refractivity contribution < 1.29 is 14.7 Å². The fourth-order valence-electron chi connectivity index (χ4n) is 1.36. The number of carboxylic acid groups (broad SMARTS) is 1. The van der Waals surface area contributed by atoms with Crippen LogP contribution in [-0.2, 0) is 11.2 Å². The van der Waals surface area contributed by atoms with E-state index in [-0.39, 0.29) is 16.5 Å². The topological polar surface area (TPSA) is 66.4 Å². The number of carbonyl (C=O) groups is 2. The van der Waals surface area contributed by atoms with E-state index in [1.54, 1.807) is 19.1 Å². The third kappa shape index (κ3) is 4.07. The van der Waals surface area contributed by atoms with Crippen molar-refractivity contribution in [2.45, 2.75) is 19.8 Å². The maximum atomic E-state index is 11.0. The fraction of sp³-hybridized carbons (Fsp3) is 0.333. The number of amides is 1. The van der Waals surface area contributed by atoms with Gasteiger partial charge in [-0.25, -0.2) is 4.79 Å². The Labute approximate surface area is 105 Å². The molecule has 0 spiro atoms. The van der Waals surface area contributed by atoms with E-state index >= 15 is 0 Å². The van der Waals surface area contributed by atoms with Gasteiger partial charge in [0, 0.05) is 13.0 Å². The lowest BCUT2D eigenvalue weighted by atomic mass is 10.1. The smallest absolute Gasteiger partial charge is 0.337 e. The molecule has 0 aliphatic carbocycles. The zero-order valence-electron chi connectivity index (χ0n) is 9.50. The zero-order valence-corrected chi connectivity index (χ0v) is 10.3.